The first kappa shape index (κ1) is 19.7. The normalized spacial score (nSPS) is 18.0. The maximum absolute atomic E-state index is 13.4. The minimum Gasteiger partial charge on any atom is -0.454 e. The lowest BCUT2D eigenvalue weighted by Crippen LogP contribution is -2.34. The third-order valence-corrected chi connectivity index (χ3v) is 5.53. The van der Waals surface area contributed by atoms with Gasteiger partial charge in [-0.05, 0) is 47.7 Å². The molecule has 154 valence electrons. The molecule has 2 heterocycles. The van der Waals surface area contributed by atoms with Gasteiger partial charge in [0.05, 0.1) is 0 Å². The lowest BCUT2D eigenvalue weighted by molar-refractivity contribution is -0.130. The van der Waals surface area contributed by atoms with Crippen molar-refractivity contribution in [3.8, 4) is 11.5 Å². The van der Waals surface area contributed by atoms with Crippen LogP contribution in [0, 0.1) is 11.7 Å². The lowest BCUT2D eigenvalue weighted by atomic mass is 10.00. The summed E-state index contributed by atoms with van der Waals surface area (Å²) in [7, 11) is 0. The predicted octanol–water partition coefficient (Wildman–Crippen LogP) is 3.47. The van der Waals surface area contributed by atoms with Crippen molar-refractivity contribution < 1.29 is 18.7 Å². The van der Waals surface area contributed by atoms with Crippen LogP contribution in [0.1, 0.15) is 24.5 Å². The second kappa shape index (κ2) is 8.82. The Morgan fingerprint density at radius 1 is 1.03 bits per heavy atom. The molecule has 0 bridgehead atoms. The van der Waals surface area contributed by atoms with Crippen molar-refractivity contribution in [1.29, 1.82) is 0 Å². The largest absolute Gasteiger partial charge is 0.454 e. The van der Waals surface area contributed by atoms with Crippen molar-refractivity contribution >= 4 is 5.91 Å². The van der Waals surface area contributed by atoms with Gasteiger partial charge in [0.15, 0.2) is 11.5 Å². The van der Waals surface area contributed by atoms with Crippen molar-refractivity contribution in [2.24, 2.45) is 5.92 Å². The molecule has 1 amide bonds. The molecule has 0 unspecified atom stereocenters. The predicted molar refractivity (Wildman–Crippen MR) is 108 cm³/mol. The molecule has 2 aromatic carbocycles. The summed E-state index contributed by atoms with van der Waals surface area (Å²) in [4.78, 5) is 16.7. The van der Waals surface area contributed by atoms with E-state index < -0.39 is 0 Å². The van der Waals surface area contributed by atoms with Gasteiger partial charge in [-0.1, -0.05) is 25.1 Å². The van der Waals surface area contributed by atoms with Gasteiger partial charge in [0.1, 0.15) is 5.82 Å². The second-order valence-corrected chi connectivity index (χ2v) is 7.99. The van der Waals surface area contributed by atoms with Crippen LogP contribution in [0.4, 0.5) is 4.39 Å². The van der Waals surface area contributed by atoms with E-state index in [1.807, 2.05) is 17.0 Å². The standard InChI is InChI=1S/C23H27FN2O3/c1-17(11-18-5-6-21-22(13-18)29-16-28-21)14-25-8-7-23(27)26(10-9-25)15-19-3-2-4-20(24)12-19/h2-6,12-13,17H,7-11,14-16H2,1H3/t17-/m1/s1. The van der Waals surface area contributed by atoms with Crippen molar-refractivity contribution in [1.82, 2.24) is 9.80 Å². The topological polar surface area (TPSA) is 42.0 Å². The van der Waals surface area contributed by atoms with E-state index in [-0.39, 0.29) is 11.7 Å². The number of ether oxygens (including phenoxy) is 2. The summed E-state index contributed by atoms with van der Waals surface area (Å²) in [5.41, 5.74) is 2.07. The molecule has 6 heteroatoms. The molecule has 2 aliphatic rings. The zero-order valence-corrected chi connectivity index (χ0v) is 16.8. The molecule has 5 nitrogen and oxygen atoms in total. The molecule has 0 saturated carbocycles. The molecule has 1 fully saturated rings. The molecule has 1 atom stereocenters. The first-order chi connectivity index (χ1) is 14.1. The summed E-state index contributed by atoms with van der Waals surface area (Å²) < 4.78 is 24.3. The van der Waals surface area contributed by atoms with Crippen molar-refractivity contribution in [3.05, 3.63) is 59.4 Å². The summed E-state index contributed by atoms with van der Waals surface area (Å²) in [6.07, 6.45) is 1.46. The highest BCUT2D eigenvalue weighted by Gasteiger charge is 2.22. The van der Waals surface area contributed by atoms with Crippen molar-refractivity contribution in [2.75, 3.05) is 33.0 Å². The van der Waals surface area contributed by atoms with E-state index in [9.17, 15) is 9.18 Å². The molecule has 0 aromatic heterocycles. The van der Waals surface area contributed by atoms with Gasteiger partial charge >= 0.3 is 0 Å². The molecule has 0 aliphatic carbocycles. The Bertz CT molecular complexity index is 873. The number of hydrogen-bond donors (Lipinski definition) is 0. The van der Waals surface area contributed by atoms with Gasteiger partial charge in [-0.15, -0.1) is 0 Å². The number of benzene rings is 2. The zero-order valence-electron chi connectivity index (χ0n) is 16.8. The van der Waals surface area contributed by atoms with Crippen LogP contribution in [0.15, 0.2) is 42.5 Å². The van der Waals surface area contributed by atoms with Gasteiger partial charge in [-0.3, -0.25) is 4.79 Å². The molecule has 1 saturated heterocycles. The summed E-state index contributed by atoms with van der Waals surface area (Å²) in [5, 5.41) is 0. The van der Waals surface area contributed by atoms with Gasteiger partial charge in [-0.2, -0.15) is 0 Å². The van der Waals surface area contributed by atoms with E-state index >= 15 is 0 Å². The number of rotatable bonds is 6. The summed E-state index contributed by atoms with van der Waals surface area (Å²) in [5.74, 6) is 1.97. The third-order valence-electron chi connectivity index (χ3n) is 5.53. The molecule has 0 N–H and O–H groups in total. The maximum Gasteiger partial charge on any atom is 0.231 e. The molecular formula is C23H27FN2O3. The molecular weight excluding hydrogens is 371 g/mol. The van der Waals surface area contributed by atoms with Crippen LogP contribution < -0.4 is 9.47 Å². The average molecular weight is 398 g/mol. The van der Waals surface area contributed by atoms with E-state index in [2.05, 4.69) is 24.0 Å². The van der Waals surface area contributed by atoms with Crippen LogP contribution in [0.2, 0.25) is 0 Å². The number of carbonyl (C=O) groups excluding carboxylic acids is 1. The smallest absolute Gasteiger partial charge is 0.231 e. The Morgan fingerprint density at radius 2 is 1.90 bits per heavy atom. The van der Waals surface area contributed by atoms with E-state index in [0.29, 0.717) is 32.2 Å². The summed E-state index contributed by atoms with van der Waals surface area (Å²) in [6.45, 7) is 6.22. The number of halogens is 1. The Balaban J connectivity index is 1.30. The Kier molecular flexibility index (Phi) is 6.00. The highest BCUT2D eigenvalue weighted by molar-refractivity contribution is 5.76. The Hall–Kier alpha value is -2.60. The monoisotopic (exact) mass is 398 g/mol. The van der Waals surface area contributed by atoms with E-state index in [0.717, 1.165) is 43.1 Å². The highest BCUT2D eigenvalue weighted by atomic mass is 19.1. The van der Waals surface area contributed by atoms with Crippen molar-refractivity contribution in [2.45, 2.75) is 26.3 Å². The van der Waals surface area contributed by atoms with E-state index in [4.69, 9.17) is 9.47 Å². The molecule has 0 radical (unpaired) electrons. The fraction of sp³-hybridized carbons (Fsp3) is 0.435. The number of fused-ring (bicyclic) bond motifs is 1. The molecule has 0 spiro atoms. The van der Waals surface area contributed by atoms with Gasteiger partial charge in [0, 0.05) is 39.1 Å². The van der Waals surface area contributed by atoms with E-state index in [1.165, 1.54) is 17.7 Å². The molecule has 29 heavy (non-hydrogen) atoms. The van der Waals surface area contributed by atoms with Crippen LogP contribution in [-0.4, -0.2) is 48.7 Å². The van der Waals surface area contributed by atoms with Gasteiger partial charge in [-0.25, -0.2) is 4.39 Å². The fourth-order valence-electron chi connectivity index (χ4n) is 4.09. The number of hydrogen-bond acceptors (Lipinski definition) is 4. The van der Waals surface area contributed by atoms with E-state index in [1.54, 1.807) is 6.07 Å². The van der Waals surface area contributed by atoms with Gasteiger partial charge in [0.2, 0.25) is 12.7 Å². The van der Waals surface area contributed by atoms with Crippen LogP contribution in [0.5, 0.6) is 11.5 Å². The quantitative estimate of drug-likeness (QED) is 0.747. The summed E-state index contributed by atoms with van der Waals surface area (Å²) >= 11 is 0. The number of amides is 1. The Labute approximate surface area is 171 Å². The molecule has 2 aliphatic heterocycles. The molecule has 4 rings (SSSR count). The number of carbonyl (C=O) groups is 1. The Morgan fingerprint density at radius 3 is 2.76 bits per heavy atom. The highest BCUT2D eigenvalue weighted by Crippen LogP contribution is 2.33. The average Bonchev–Trinajstić information content (AvgIpc) is 3.09. The minimum atomic E-state index is -0.260. The maximum atomic E-state index is 13.4. The lowest BCUT2D eigenvalue weighted by Gasteiger charge is -2.24. The zero-order chi connectivity index (χ0) is 20.2. The second-order valence-electron chi connectivity index (χ2n) is 7.99. The first-order valence-corrected chi connectivity index (χ1v) is 10.2. The fourth-order valence-corrected chi connectivity index (χ4v) is 4.09. The number of nitrogens with zero attached hydrogens (tertiary/aromatic N) is 2. The van der Waals surface area contributed by atoms with Gasteiger partial charge < -0.3 is 19.3 Å². The van der Waals surface area contributed by atoms with Crippen LogP contribution in [-0.2, 0) is 17.8 Å². The minimum absolute atomic E-state index is 0.139. The van der Waals surface area contributed by atoms with Gasteiger partial charge in [0.25, 0.3) is 0 Å². The third kappa shape index (κ3) is 5.07. The van der Waals surface area contributed by atoms with Crippen LogP contribution >= 0.6 is 0 Å². The SMILES string of the molecule is C[C@H](Cc1ccc2c(c1)OCO2)CN1CCC(=O)N(Cc2cccc(F)c2)CC1. The summed E-state index contributed by atoms with van der Waals surface area (Å²) in [6, 6.07) is 12.6. The first-order valence-electron chi connectivity index (χ1n) is 10.2. The van der Waals surface area contributed by atoms with Crippen LogP contribution in [0.25, 0.3) is 0 Å². The van der Waals surface area contributed by atoms with Crippen molar-refractivity contribution in [3.63, 3.8) is 0 Å². The van der Waals surface area contributed by atoms with Crippen LogP contribution in [0.3, 0.4) is 0 Å². The molecule has 2 aromatic rings.